The van der Waals surface area contributed by atoms with Gasteiger partial charge in [0.05, 0.1) is 39.5 Å². The SMILES string of the molecule is CCOC(=O)CC1CCN([N+]2(CC3OC(C)(C)OCC3C)C(=O)CO[C@H](c3cccc(OC)c3OC)c3cc(Cl)ccc32)C[C@@H]1C(C)=O. The number of amides is 1. The van der Waals surface area contributed by atoms with Gasteiger partial charge in [-0.05, 0) is 58.2 Å². The molecule has 5 rings (SSSR count). The van der Waals surface area contributed by atoms with Crippen LogP contribution in [0, 0.1) is 17.8 Å². The molecule has 4 unspecified atom stereocenters. The molecule has 0 aromatic heterocycles. The van der Waals surface area contributed by atoms with E-state index in [-0.39, 0.29) is 66.8 Å². The van der Waals surface area contributed by atoms with Gasteiger partial charge in [-0.3, -0.25) is 9.59 Å². The van der Waals surface area contributed by atoms with Crippen LogP contribution in [-0.4, -0.2) is 88.2 Å². The van der Waals surface area contributed by atoms with Crippen LogP contribution in [0.15, 0.2) is 36.4 Å². The molecule has 12 heteroatoms. The molecule has 0 radical (unpaired) electrons. The van der Waals surface area contributed by atoms with E-state index in [9.17, 15) is 14.4 Å². The summed E-state index contributed by atoms with van der Waals surface area (Å²) in [6.07, 6.45) is -0.469. The number of hydrogen-bond acceptors (Lipinski definition) is 10. The van der Waals surface area contributed by atoms with Crippen LogP contribution < -0.4 is 14.1 Å². The number of esters is 1. The molecule has 11 nitrogen and oxygen atoms in total. The standard InChI is InChI=1S/C36H48ClN2O9/c1-8-45-33(42)16-24-14-15-38(18-28(24)23(3)40)39(19-31-22(2)20-47-36(4,5)48-31)29-13-12-25(37)17-27(29)34(46-21-32(39)41)26-10-9-11-30(43-6)35(26)44-7/h9-13,17,22,24,28,31,34H,8,14-16,18-21H2,1-7H3/q+1/t22?,24?,28-,31?,34-,39?/m1/s1. The summed E-state index contributed by atoms with van der Waals surface area (Å²) >= 11 is 6.69. The zero-order chi connectivity index (χ0) is 34.8. The maximum Gasteiger partial charge on any atom is 0.363 e. The van der Waals surface area contributed by atoms with Gasteiger partial charge in [-0.1, -0.05) is 30.7 Å². The molecule has 0 aliphatic carbocycles. The van der Waals surface area contributed by atoms with Crippen LogP contribution in [0.4, 0.5) is 5.69 Å². The molecule has 262 valence electrons. The van der Waals surface area contributed by atoms with Crippen LogP contribution in [0.3, 0.4) is 0 Å². The highest BCUT2D eigenvalue weighted by Crippen LogP contribution is 2.48. The fourth-order valence-electron chi connectivity index (χ4n) is 7.42. The number of carbonyl (C=O) groups is 3. The Labute approximate surface area is 287 Å². The van der Waals surface area contributed by atoms with Crippen molar-refractivity contribution >= 4 is 34.9 Å². The molecule has 2 aromatic rings. The van der Waals surface area contributed by atoms with Gasteiger partial charge >= 0.3 is 11.9 Å². The van der Waals surface area contributed by atoms with Crippen molar-refractivity contribution in [3.05, 3.63) is 52.5 Å². The zero-order valence-electron chi connectivity index (χ0n) is 29.0. The van der Waals surface area contributed by atoms with Crippen LogP contribution in [0.25, 0.3) is 0 Å². The molecule has 2 saturated heterocycles. The summed E-state index contributed by atoms with van der Waals surface area (Å²) in [5.41, 5.74) is 2.04. The Morgan fingerprint density at radius 1 is 1.12 bits per heavy atom. The van der Waals surface area contributed by atoms with Crippen LogP contribution in [0.5, 0.6) is 11.5 Å². The molecular weight excluding hydrogens is 640 g/mol. The number of fused-ring (bicyclic) bond motifs is 1. The Kier molecular flexibility index (Phi) is 11.2. The molecule has 0 saturated carbocycles. The molecule has 3 heterocycles. The lowest BCUT2D eigenvalue weighted by molar-refractivity contribution is -0.295. The smallest absolute Gasteiger partial charge is 0.363 e. The van der Waals surface area contributed by atoms with E-state index >= 15 is 0 Å². The monoisotopic (exact) mass is 687 g/mol. The van der Waals surface area contributed by atoms with Gasteiger partial charge in [0.2, 0.25) is 0 Å². The van der Waals surface area contributed by atoms with E-state index in [4.69, 9.17) is 40.0 Å². The number of halogens is 1. The molecule has 2 aromatic carbocycles. The van der Waals surface area contributed by atoms with Crippen molar-refractivity contribution in [2.75, 3.05) is 53.7 Å². The number of carbonyl (C=O) groups excluding carboxylic acids is 3. The quantitative estimate of drug-likeness (QED) is 0.235. The van der Waals surface area contributed by atoms with Gasteiger partial charge in [-0.15, -0.1) is 9.60 Å². The predicted molar refractivity (Wildman–Crippen MR) is 180 cm³/mol. The minimum absolute atomic E-state index is 0.0417. The number of ether oxygens (including phenoxy) is 6. The summed E-state index contributed by atoms with van der Waals surface area (Å²) in [6, 6.07) is 11.0. The number of para-hydroxylation sites is 1. The number of benzene rings is 2. The lowest BCUT2D eigenvalue weighted by Gasteiger charge is -2.50. The van der Waals surface area contributed by atoms with Gasteiger partial charge in [0.15, 0.2) is 29.6 Å². The molecule has 6 atom stereocenters. The molecule has 0 N–H and O–H groups in total. The molecule has 48 heavy (non-hydrogen) atoms. The van der Waals surface area contributed by atoms with E-state index in [1.165, 1.54) is 0 Å². The molecular formula is C36H48ClN2O9+. The summed E-state index contributed by atoms with van der Waals surface area (Å²) in [5, 5.41) is 2.54. The fourth-order valence-corrected chi connectivity index (χ4v) is 7.60. The second kappa shape index (κ2) is 14.8. The molecule has 0 bridgehead atoms. The molecule has 0 spiro atoms. The molecule has 3 aliphatic rings. The maximum atomic E-state index is 15.0. The Bertz CT molecular complexity index is 1520. The first-order valence-corrected chi connectivity index (χ1v) is 17.0. The van der Waals surface area contributed by atoms with Crippen molar-refractivity contribution in [1.29, 1.82) is 0 Å². The number of quaternary nitrogens is 1. The van der Waals surface area contributed by atoms with E-state index in [2.05, 4.69) is 5.01 Å². The van der Waals surface area contributed by atoms with Crippen molar-refractivity contribution in [3.8, 4) is 11.5 Å². The Morgan fingerprint density at radius 3 is 2.58 bits per heavy atom. The number of nitrogens with zero attached hydrogens (tertiary/aromatic N) is 2. The van der Waals surface area contributed by atoms with E-state index < -0.39 is 23.9 Å². The van der Waals surface area contributed by atoms with Gasteiger partial charge in [-0.2, -0.15) is 0 Å². The minimum Gasteiger partial charge on any atom is -0.493 e. The number of Topliss-reactive ketones (excluding diaryl/α,β-unsaturated/α-hetero) is 1. The fraction of sp³-hybridized carbons (Fsp3) is 0.583. The maximum absolute atomic E-state index is 15.0. The van der Waals surface area contributed by atoms with E-state index in [0.29, 0.717) is 52.9 Å². The van der Waals surface area contributed by atoms with Gasteiger partial charge in [0, 0.05) is 41.5 Å². The first kappa shape index (κ1) is 36.2. The highest BCUT2D eigenvalue weighted by atomic mass is 35.5. The highest BCUT2D eigenvalue weighted by molar-refractivity contribution is 6.30. The lowest BCUT2D eigenvalue weighted by atomic mass is 9.81. The second-order valence-electron chi connectivity index (χ2n) is 13.4. The van der Waals surface area contributed by atoms with Crippen molar-refractivity contribution in [2.24, 2.45) is 17.8 Å². The first-order valence-electron chi connectivity index (χ1n) is 16.6. The molecule has 1 amide bonds. The topological polar surface area (TPSA) is 110 Å². The average molecular weight is 688 g/mol. The van der Waals surface area contributed by atoms with Crippen molar-refractivity contribution < 1.29 is 42.8 Å². The van der Waals surface area contributed by atoms with Gasteiger partial charge in [-0.25, -0.2) is 4.79 Å². The number of hydrogen-bond donors (Lipinski definition) is 0. The zero-order valence-corrected chi connectivity index (χ0v) is 29.7. The number of rotatable bonds is 10. The van der Waals surface area contributed by atoms with E-state index in [1.807, 2.05) is 45.0 Å². The second-order valence-corrected chi connectivity index (χ2v) is 13.8. The van der Waals surface area contributed by atoms with Crippen LogP contribution >= 0.6 is 11.6 Å². The van der Waals surface area contributed by atoms with Crippen molar-refractivity contribution in [1.82, 2.24) is 9.60 Å². The summed E-state index contributed by atoms with van der Waals surface area (Å²) in [6.45, 7) is 10.5. The predicted octanol–water partition coefficient (Wildman–Crippen LogP) is 5.49. The third-order valence-electron chi connectivity index (χ3n) is 9.85. The number of methoxy groups -OCH3 is 2. The van der Waals surface area contributed by atoms with Crippen LogP contribution in [-0.2, 0) is 33.3 Å². The van der Waals surface area contributed by atoms with Gasteiger partial charge in [0.1, 0.15) is 24.5 Å². The van der Waals surface area contributed by atoms with Crippen molar-refractivity contribution in [3.63, 3.8) is 0 Å². The average Bonchev–Trinajstić information content (AvgIpc) is 3.16. The molecule has 3 aliphatic heterocycles. The van der Waals surface area contributed by atoms with Gasteiger partial charge < -0.3 is 28.4 Å². The first-order chi connectivity index (χ1) is 22.8. The van der Waals surface area contributed by atoms with Gasteiger partial charge in [0.25, 0.3) is 0 Å². The normalized spacial score (nSPS) is 29.0. The minimum atomic E-state index is -0.861. The van der Waals surface area contributed by atoms with Crippen molar-refractivity contribution in [2.45, 2.75) is 65.5 Å². The number of ketones is 1. The highest BCUT2D eigenvalue weighted by Gasteiger charge is 2.56. The Morgan fingerprint density at radius 2 is 1.90 bits per heavy atom. The summed E-state index contributed by atoms with van der Waals surface area (Å²) < 4.78 is 35.4. The summed E-state index contributed by atoms with van der Waals surface area (Å²) in [5.74, 6) is -1.18. The summed E-state index contributed by atoms with van der Waals surface area (Å²) in [7, 11) is 3.13. The lowest BCUT2D eigenvalue weighted by Crippen LogP contribution is -2.72. The molecule has 2 fully saturated rings. The third kappa shape index (κ3) is 7.13. The Hall–Kier alpha value is -3.06. The number of piperidine rings is 1. The summed E-state index contributed by atoms with van der Waals surface area (Å²) in [4.78, 5) is 40.8. The third-order valence-corrected chi connectivity index (χ3v) is 10.1. The van der Waals surface area contributed by atoms with Crippen LogP contribution in [0.1, 0.15) is 64.7 Å². The van der Waals surface area contributed by atoms with E-state index in [1.54, 1.807) is 40.2 Å². The Balaban J connectivity index is 1.69. The largest absolute Gasteiger partial charge is 0.493 e. The van der Waals surface area contributed by atoms with E-state index in [0.717, 1.165) is 0 Å². The van der Waals surface area contributed by atoms with Crippen LogP contribution in [0.2, 0.25) is 5.02 Å².